The highest BCUT2D eigenvalue weighted by molar-refractivity contribution is 5.77. The largest absolute Gasteiger partial charge is 0.489 e. The lowest BCUT2D eigenvalue weighted by atomic mass is 9.81. The van der Waals surface area contributed by atoms with E-state index in [1.54, 1.807) is 0 Å². The van der Waals surface area contributed by atoms with Gasteiger partial charge in [-0.25, -0.2) is 0 Å². The molecule has 2 nitrogen and oxygen atoms in total. The molecule has 128 valence electrons. The minimum Gasteiger partial charge on any atom is -0.489 e. The summed E-state index contributed by atoms with van der Waals surface area (Å²) in [6.07, 6.45) is 0.884. The first-order chi connectivity index (χ1) is 11.1. The van der Waals surface area contributed by atoms with Crippen molar-refractivity contribution in [2.45, 2.75) is 59.0 Å². The maximum Gasteiger partial charge on any atom is 0.150 e. The van der Waals surface area contributed by atoms with E-state index in [0.29, 0.717) is 12.2 Å². The van der Waals surface area contributed by atoms with Gasteiger partial charge in [0.2, 0.25) is 0 Å². The van der Waals surface area contributed by atoms with Crippen LogP contribution in [-0.2, 0) is 17.4 Å². The molecule has 0 bridgehead atoms. The second-order valence-electron chi connectivity index (χ2n) is 8.32. The van der Waals surface area contributed by atoms with Crippen molar-refractivity contribution in [3.63, 3.8) is 0 Å². The van der Waals surface area contributed by atoms with Gasteiger partial charge in [-0.1, -0.05) is 77.9 Å². The Hall–Kier alpha value is -2.09. The number of hydrogen-bond donors (Lipinski definition) is 0. The number of ether oxygens (including phenoxy) is 1. The van der Waals surface area contributed by atoms with E-state index in [1.807, 2.05) is 24.3 Å². The third-order valence-corrected chi connectivity index (χ3v) is 4.22. The summed E-state index contributed by atoms with van der Waals surface area (Å²) in [5.41, 5.74) is 4.08. The van der Waals surface area contributed by atoms with Gasteiger partial charge in [0.25, 0.3) is 0 Å². The molecule has 0 fully saturated rings. The van der Waals surface area contributed by atoms with E-state index in [1.165, 1.54) is 11.1 Å². The molecule has 0 saturated carbocycles. The normalized spacial score (nSPS) is 12.1. The minimum absolute atomic E-state index is 0.00404. The predicted octanol–water partition coefficient (Wildman–Crippen LogP) is 5.67. The Morgan fingerprint density at radius 3 is 2.17 bits per heavy atom. The molecule has 0 aliphatic heterocycles. The molecule has 2 rings (SSSR count). The summed E-state index contributed by atoms with van der Waals surface area (Å²) in [5, 5.41) is 0. The number of benzene rings is 2. The first kappa shape index (κ1) is 18.3. The lowest BCUT2D eigenvalue weighted by Gasteiger charge is -2.26. The van der Waals surface area contributed by atoms with E-state index < -0.39 is 0 Å². The van der Waals surface area contributed by atoms with Crippen LogP contribution >= 0.6 is 0 Å². The third-order valence-electron chi connectivity index (χ3n) is 4.22. The monoisotopic (exact) mass is 324 g/mol. The van der Waals surface area contributed by atoms with Crippen molar-refractivity contribution in [3.05, 3.63) is 64.7 Å². The molecule has 0 aliphatic carbocycles. The molecule has 0 heterocycles. The van der Waals surface area contributed by atoms with Gasteiger partial charge < -0.3 is 4.74 Å². The lowest BCUT2D eigenvalue weighted by molar-refractivity contribution is 0.112. The van der Waals surface area contributed by atoms with Gasteiger partial charge in [-0.05, 0) is 33.6 Å². The highest BCUT2D eigenvalue weighted by Gasteiger charge is 2.22. The SMILES string of the molecule is CC(C)(C)c1ccc(C(C)(C)C)c(OCc2ccccc2C=O)c1. The fourth-order valence-corrected chi connectivity index (χ4v) is 2.66. The van der Waals surface area contributed by atoms with Gasteiger partial charge in [-0.15, -0.1) is 0 Å². The van der Waals surface area contributed by atoms with E-state index in [0.717, 1.165) is 17.6 Å². The summed E-state index contributed by atoms with van der Waals surface area (Å²) < 4.78 is 6.17. The molecule has 0 N–H and O–H groups in total. The van der Waals surface area contributed by atoms with Crippen LogP contribution in [0.3, 0.4) is 0 Å². The Kier molecular flexibility index (Phi) is 5.17. The van der Waals surface area contributed by atoms with Crippen LogP contribution in [0.1, 0.15) is 68.6 Å². The number of aldehydes is 1. The van der Waals surface area contributed by atoms with Crippen LogP contribution in [0.25, 0.3) is 0 Å². The van der Waals surface area contributed by atoms with Crippen LogP contribution in [0, 0.1) is 0 Å². The molecular weight excluding hydrogens is 296 g/mol. The van der Waals surface area contributed by atoms with Crippen LogP contribution < -0.4 is 4.74 Å². The van der Waals surface area contributed by atoms with E-state index >= 15 is 0 Å². The second-order valence-corrected chi connectivity index (χ2v) is 8.32. The van der Waals surface area contributed by atoms with Gasteiger partial charge in [0, 0.05) is 5.56 Å². The Morgan fingerprint density at radius 1 is 0.917 bits per heavy atom. The molecule has 2 aromatic carbocycles. The molecular formula is C22H28O2. The Labute approximate surface area is 145 Å². The van der Waals surface area contributed by atoms with Gasteiger partial charge in [0.05, 0.1) is 0 Å². The second kappa shape index (κ2) is 6.80. The zero-order valence-corrected chi connectivity index (χ0v) is 15.6. The van der Waals surface area contributed by atoms with Crippen molar-refractivity contribution < 1.29 is 9.53 Å². The lowest BCUT2D eigenvalue weighted by Crippen LogP contribution is -2.16. The fraction of sp³-hybridized carbons (Fsp3) is 0.409. The van der Waals surface area contributed by atoms with Gasteiger partial charge in [-0.2, -0.15) is 0 Å². The molecule has 0 atom stereocenters. The fourth-order valence-electron chi connectivity index (χ4n) is 2.66. The van der Waals surface area contributed by atoms with Crippen LogP contribution in [-0.4, -0.2) is 6.29 Å². The Balaban J connectivity index is 2.38. The van der Waals surface area contributed by atoms with E-state index in [-0.39, 0.29) is 10.8 Å². The average molecular weight is 324 g/mol. The highest BCUT2D eigenvalue weighted by atomic mass is 16.5. The summed E-state index contributed by atoms with van der Waals surface area (Å²) in [6.45, 7) is 13.5. The quantitative estimate of drug-likeness (QED) is 0.677. The molecule has 2 aromatic rings. The minimum atomic E-state index is -0.00404. The van der Waals surface area contributed by atoms with Crippen LogP contribution in [0.15, 0.2) is 42.5 Å². The molecule has 2 heteroatoms. The first-order valence-electron chi connectivity index (χ1n) is 8.44. The van der Waals surface area contributed by atoms with Crippen LogP contribution in [0.4, 0.5) is 0 Å². The summed E-state index contributed by atoms with van der Waals surface area (Å²) in [7, 11) is 0. The zero-order valence-electron chi connectivity index (χ0n) is 15.6. The molecule has 0 radical (unpaired) electrons. The molecule has 0 amide bonds. The molecule has 0 aliphatic rings. The van der Waals surface area contributed by atoms with Gasteiger partial charge in [0.15, 0.2) is 0 Å². The van der Waals surface area contributed by atoms with Crippen molar-refractivity contribution in [3.8, 4) is 5.75 Å². The molecule has 0 spiro atoms. The third kappa shape index (κ3) is 4.25. The maximum atomic E-state index is 11.2. The molecule has 0 unspecified atom stereocenters. The van der Waals surface area contributed by atoms with Gasteiger partial charge >= 0.3 is 0 Å². The van der Waals surface area contributed by atoms with Crippen molar-refractivity contribution in [2.75, 3.05) is 0 Å². The van der Waals surface area contributed by atoms with Crippen molar-refractivity contribution in [2.24, 2.45) is 0 Å². The average Bonchev–Trinajstić information content (AvgIpc) is 2.51. The molecule has 0 aromatic heterocycles. The van der Waals surface area contributed by atoms with E-state index in [9.17, 15) is 4.79 Å². The number of hydrogen-bond acceptors (Lipinski definition) is 2. The molecule has 24 heavy (non-hydrogen) atoms. The zero-order chi connectivity index (χ0) is 18.0. The Bertz CT molecular complexity index is 715. The standard InChI is InChI=1S/C22H28O2/c1-21(2,3)18-11-12-19(22(4,5)6)20(13-18)24-15-17-10-8-7-9-16(17)14-23/h7-14H,15H2,1-6H3. The Morgan fingerprint density at radius 2 is 1.58 bits per heavy atom. The topological polar surface area (TPSA) is 26.3 Å². The van der Waals surface area contributed by atoms with Crippen LogP contribution in [0.5, 0.6) is 5.75 Å². The van der Waals surface area contributed by atoms with E-state index in [2.05, 4.69) is 59.7 Å². The van der Waals surface area contributed by atoms with Gasteiger partial charge in [0.1, 0.15) is 18.6 Å². The summed E-state index contributed by atoms with van der Waals surface area (Å²) >= 11 is 0. The number of carbonyl (C=O) groups is 1. The van der Waals surface area contributed by atoms with Gasteiger partial charge in [-0.3, -0.25) is 4.79 Å². The summed E-state index contributed by atoms with van der Waals surface area (Å²) in [5.74, 6) is 0.899. The predicted molar refractivity (Wildman–Crippen MR) is 100 cm³/mol. The molecule has 0 saturated heterocycles. The van der Waals surface area contributed by atoms with Crippen LogP contribution in [0.2, 0.25) is 0 Å². The smallest absolute Gasteiger partial charge is 0.150 e. The summed E-state index contributed by atoms with van der Waals surface area (Å²) in [6, 6.07) is 14.1. The van der Waals surface area contributed by atoms with Crippen molar-refractivity contribution in [1.82, 2.24) is 0 Å². The number of rotatable bonds is 4. The highest BCUT2D eigenvalue weighted by Crippen LogP contribution is 2.35. The van der Waals surface area contributed by atoms with Crippen molar-refractivity contribution in [1.29, 1.82) is 0 Å². The maximum absolute atomic E-state index is 11.2. The number of carbonyl (C=O) groups excluding carboxylic acids is 1. The first-order valence-corrected chi connectivity index (χ1v) is 8.44. The van der Waals surface area contributed by atoms with Crippen molar-refractivity contribution >= 4 is 6.29 Å². The summed E-state index contributed by atoms with van der Waals surface area (Å²) in [4.78, 5) is 11.2. The van der Waals surface area contributed by atoms with E-state index in [4.69, 9.17) is 4.74 Å².